The zero-order chi connectivity index (χ0) is 21.8. The van der Waals surface area contributed by atoms with Gasteiger partial charge in [0.15, 0.2) is 0 Å². The molecule has 8 heteroatoms. The lowest BCUT2D eigenvalue weighted by atomic mass is 9.78. The number of nitrogens with zero attached hydrogens (tertiary/aromatic N) is 3. The molecule has 0 aromatic carbocycles. The highest BCUT2D eigenvalue weighted by Crippen LogP contribution is 2.36. The van der Waals surface area contributed by atoms with E-state index in [1.165, 1.54) is 12.8 Å². The average molecular weight is 435 g/mol. The second-order valence-electron chi connectivity index (χ2n) is 10.2. The van der Waals surface area contributed by atoms with Gasteiger partial charge in [0.25, 0.3) is 0 Å². The van der Waals surface area contributed by atoms with Crippen LogP contribution in [0.25, 0.3) is 0 Å². The number of nitrogens with one attached hydrogen (secondary N) is 3. The van der Waals surface area contributed by atoms with Crippen molar-refractivity contribution in [2.75, 3.05) is 52.4 Å². The van der Waals surface area contributed by atoms with Gasteiger partial charge in [-0.15, -0.1) is 0 Å². The molecule has 0 aromatic rings. The topological polar surface area (TPSA) is 80.0 Å². The van der Waals surface area contributed by atoms with Crippen LogP contribution in [0.2, 0.25) is 0 Å². The first-order chi connectivity index (χ1) is 15.0. The number of carbonyl (C=O) groups excluding carboxylic acids is 2. The van der Waals surface area contributed by atoms with E-state index < -0.39 is 5.41 Å². The summed E-state index contributed by atoms with van der Waals surface area (Å²) in [5, 5.41) is 14.7. The van der Waals surface area contributed by atoms with Gasteiger partial charge in [-0.1, -0.05) is 20.3 Å². The Morgan fingerprint density at radius 2 is 1.90 bits per heavy atom. The lowest BCUT2D eigenvalue weighted by Gasteiger charge is -2.44. The van der Waals surface area contributed by atoms with Gasteiger partial charge in [-0.3, -0.25) is 9.80 Å². The van der Waals surface area contributed by atoms with Crippen LogP contribution in [0, 0.1) is 11.3 Å². The van der Waals surface area contributed by atoms with Crippen LogP contribution in [0.5, 0.6) is 0 Å². The summed E-state index contributed by atoms with van der Waals surface area (Å²) >= 11 is 0. The molecule has 3 N–H and O–H groups in total. The highest BCUT2D eigenvalue weighted by molar-refractivity contribution is 5.84. The van der Waals surface area contributed by atoms with Gasteiger partial charge in [0, 0.05) is 57.9 Å². The molecular formula is C23H42N6O2. The summed E-state index contributed by atoms with van der Waals surface area (Å²) in [6.45, 7) is 10.6. The minimum atomic E-state index is -0.525. The third-order valence-electron chi connectivity index (χ3n) is 7.71. The number of hydrogen-bond donors (Lipinski definition) is 3. The first kappa shape index (κ1) is 22.8. The zero-order valence-corrected chi connectivity index (χ0v) is 19.5. The molecule has 176 valence electrons. The quantitative estimate of drug-likeness (QED) is 0.528. The summed E-state index contributed by atoms with van der Waals surface area (Å²) in [7, 11) is 0. The second-order valence-corrected chi connectivity index (χ2v) is 10.2. The highest BCUT2D eigenvalue weighted by atomic mass is 16.2. The highest BCUT2D eigenvalue weighted by Gasteiger charge is 2.50. The number of rotatable bonds is 7. The van der Waals surface area contributed by atoms with Crippen LogP contribution in [-0.4, -0.2) is 91.3 Å². The molecule has 4 unspecified atom stereocenters. The van der Waals surface area contributed by atoms with Crippen LogP contribution < -0.4 is 16.0 Å². The summed E-state index contributed by atoms with van der Waals surface area (Å²) in [6.07, 6.45) is 7.27. The maximum atomic E-state index is 14.2. The molecule has 6 rings (SSSR count). The van der Waals surface area contributed by atoms with Crippen molar-refractivity contribution in [1.29, 1.82) is 0 Å². The van der Waals surface area contributed by atoms with Crippen molar-refractivity contribution >= 4 is 11.9 Å². The average Bonchev–Trinajstić information content (AvgIpc) is 3.27. The van der Waals surface area contributed by atoms with E-state index in [9.17, 15) is 9.59 Å². The molecule has 8 nitrogen and oxygen atoms in total. The number of amides is 3. The normalized spacial score (nSPS) is 33.1. The molecule has 4 atom stereocenters. The van der Waals surface area contributed by atoms with Crippen LogP contribution in [0.15, 0.2) is 0 Å². The summed E-state index contributed by atoms with van der Waals surface area (Å²) in [5.41, 5.74) is -0.525. The number of piperidine rings is 2. The maximum Gasteiger partial charge on any atom is 0.317 e. The van der Waals surface area contributed by atoms with Gasteiger partial charge in [0.05, 0.1) is 5.41 Å². The fourth-order valence-electron chi connectivity index (χ4n) is 5.82. The molecule has 6 heterocycles. The van der Waals surface area contributed by atoms with E-state index in [2.05, 4.69) is 39.8 Å². The summed E-state index contributed by atoms with van der Waals surface area (Å²) in [6, 6.07) is 0.755. The van der Waals surface area contributed by atoms with Crippen molar-refractivity contribution in [2.24, 2.45) is 11.3 Å². The van der Waals surface area contributed by atoms with Gasteiger partial charge in [0.1, 0.15) is 0 Å². The fraction of sp³-hybridized carbons (Fsp3) is 0.913. The molecule has 0 radical (unpaired) electrons. The number of fused-ring (bicyclic) bond motifs is 8. The Morgan fingerprint density at radius 1 is 1.06 bits per heavy atom. The largest absolute Gasteiger partial charge is 0.338 e. The third-order valence-corrected chi connectivity index (χ3v) is 7.71. The van der Waals surface area contributed by atoms with Gasteiger partial charge >= 0.3 is 6.03 Å². The number of carbonyl (C=O) groups is 2. The molecule has 0 saturated carbocycles. The number of unbranched alkanes of at least 4 members (excludes halogenated alkanes) is 1. The van der Waals surface area contributed by atoms with Crippen molar-refractivity contribution < 1.29 is 9.59 Å². The van der Waals surface area contributed by atoms with Crippen LogP contribution in [-0.2, 0) is 4.79 Å². The smallest absolute Gasteiger partial charge is 0.317 e. The van der Waals surface area contributed by atoms with E-state index >= 15 is 0 Å². The molecular weight excluding hydrogens is 392 g/mol. The number of urea groups is 1. The standard InChI is InChI=1S/C23H42N6O2/c1-3-5-10-24-22(31)27-14-20-8-9-23(17-27,16-26-20)21(30)29(11-4-2)28-13-18-6-7-19(15-28)25-12-18/h18-20,25-26H,3-17H2,1-2H3,(H,24,31). The molecule has 6 saturated heterocycles. The van der Waals surface area contributed by atoms with Gasteiger partial charge in [-0.05, 0) is 51.0 Å². The molecule has 0 aromatic heterocycles. The van der Waals surface area contributed by atoms with Gasteiger partial charge < -0.3 is 20.9 Å². The van der Waals surface area contributed by atoms with E-state index in [0.29, 0.717) is 44.2 Å². The molecule has 4 bridgehead atoms. The number of hydrogen-bond acceptors (Lipinski definition) is 5. The lowest BCUT2D eigenvalue weighted by Crippen LogP contribution is -2.60. The van der Waals surface area contributed by atoms with E-state index in [1.54, 1.807) is 0 Å². The van der Waals surface area contributed by atoms with Crippen LogP contribution in [0.1, 0.15) is 58.8 Å². The first-order valence-electron chi connectivity index (χ1n) is 12.6. The van der Waals surface area contributed by atoms with E-state index in [1.807, 2.05) is 4.90 Å². The number of hydrazine groups is 1. The lowest BCUT2D eigenvalue weighted by molar-refractivity contribution is -0.163. The van der Waals surface area contributed by atoms with Gasteiger partial charge in [-0.2, -0.15) is 0 Å². The van der Waals surface area contributed by atoms with Crippen LogP contribution >= 0.6 is 0 Å². The Hall–Kier alpha value is -1.38. The molecule has 6 fully saturated rings. The van der Waals surface area contributed by atoms with Crippen molar-refractivity contribution in [3.05, 3.63) is 0 Å². The molecule has 6 aliphatic rings. The molecule has 6 aliphatic heterocycles. The predicted molar refractivity (Wildman–Crippen MR) is 121 cm³/mol. The zero-order valence-electron chi connectivity index (χ0n) is 19.5. The Kier molecular flexibility index (Phi) is 7.39. The van der Waals surface area contributed by atoms with Gasteiger partial charge in [0.2, 0.25) is 5.91 Å². The van der Waals surface area contributed by atoms with Crippen LogP contribution in [0.3, 0.4) is 0 Å². The van der Waals surface area contributed by atoms with E-state index in [4.69, 9.17) is 0 Å². The van der Waals surface area contributed by atoms with E-state index in [0.717, 1.165) is 58.3 Å². The Balaban J connectivity index is 1.51. The maximum absolute atomic E-state index is 14.2. The van der Waals surface area contributed by atoms with Crippen molar-refractivity contribution in [3.63, 3.8) is 0 Å². The second kappa shape index (κ2) is 10.0. The predicted octanol–water partition coefficient (Wildman–Crippen LogP) is 1.39. The van der Waals surface area contributed by atoms with Crippen molar-refractivity contribution in [1.82, 2.24) is 30.9 Å². The van der Waals surface area contributed by atoms with Crippen molar-refractivity contribution in [2.45, 2.75) is 70.9 Å². The molecule has 0 aliphatic carbocycles. The molecule has 31 heavy (non-hydrogen) atoms. The summed E-state index contributed by atoms with van der Waals surface area (Å²) in [5.74, 6) is 0.835. The summed E-state index contributed by atoms with van der Waals surface area (Å²) < 4.78 is 0. The van der Waals surface area contributed by atoms with Gasteiger partial charge in [-0.25, -0.2) is 9.80 Å². The fourth-order valence-corrected chi connectivity index (χ4v) is 5.82. The first-order valence-corrected chi connectivity index (χ1v) is 12.6. The van der Waals surface area contributed by atoms with Crippen molar-refractivity contribution in [3.8, 4) is 0 Å². The Bertz CT molecular complexity index is 614. The minimum absolute atomic E-state index is 0.0136. The van der Waals surface area contributed by atoms with Crippen LogP contribution in [0.4, 0.5) is 4.79 Å². The SMILES string of the molecule is CCCCNC(=O)N1CC2CCC(C(=O)N(CCC)N3CC4CCC(C3)NC4)(CN2)C1. The minimum Gasteiger partial charge on any atom is -0.338 e. The molecule has 0 spiro atoms. The Morgan fingerprint density at radius 3 is 2.58 bits per heavy atom. The Labute approximate surface area is 187 Å². The third kappa shape index (κ3) is 5.01. The monoisotopic (exact) mass is 434 g/mol. The summed E-state index contributed by atoms with van der Waals surface area (Å²) in [4.78, 5) is 29.0. The molecule has 3 amide bonds. The van der Waals surface area contributed by atoms with E-state index in [-0.39, 0.29) is 11.9 Å².